The van der Waals surface area contributed by atoms with Crippen LogP contribution in [-0.4, -0.2) is 23.1 Å². The molecule has 0 radical (unpaired) electrons. The van der Waals surface area contributed by atoms with Crippen molar-refractivity contribution in [3.63, 3.8) is 0 Å². The molecular weight excluding hydrogens is 452 g/mol. The summed E-state index contributed by atoms with van der Waals surface area (Å²) in [6.45, 7) is 4.13. The first kappa shape index (κ1) is 27.4. The maximum atomic E-state index is 5.71. The van der Waals surface area contributed by atoms with Crippen LogP contribution in [0.25, 0.3) is 11.1 Å². The first-order valence-electron chi connectivity index (χ1n) is 8.92. The van der Waals surface area contributed by atoms with Gasteiger partial charge in [0.15, 0.2) is 0 Å². The molecule has 0 fully saturated rings. The molecule has 0 aromatic heterocycles. The molecule has 0 aliphatic carbocycles. The van der Waals surface area contributed by atoms with Crippen LogP contribution in [0.3, 0.4) is 0 Å². The second-order valence-corrected chi connectivity index (χ2v) is 6.41. The standard InChI is InChI=1S/C13H12.C7H7Cl.C6H5.BrH.Mg/c1-11-7-5-6-10-13(11)12-8-3-2-4-9-12;1-6-4-2-3-5-7(6)8;1-2-4-6-5-3-1;;/h2-10H,1H3;2-5H,1H3;1-5H;1H;/q;;-1;;+2/p-1. The molecule has 0 heterocycles. The molecule has 0 aliphatic heterocycles. The minimum absolute atomic E-state index is 0. The summed E-state index contributed by atoms with van der Waals surface area (Å²) >= 11 is 5.71. The van der Waals surface area contributed by atoms with E-state index in [1.165, 1.54) is 16.7 Å². The Morgan fingerprint density at radius 1 is 0.586 bits per heavy atom. The fraction of sp³-hybridized carbons (Fsp3) is 0.0769. The van der Waals surface area contributed by atoms with Crippen LogP contribution in [0, 0.1) is 19.9 Å². The van der Waals surface area contributed by atoms with Crippen LogP contribution in [0.2, 0.25) is 5.02 Å². The number of rotatable bonds is 1. The van der Waals surface area contributed by atoms with E-state index in [-0.39, 0.29) is 40.0 Å². The van der Waals surface area contributed by atoms with Crippen LogP contribution < -0.4 is 17.0 Å². The van der Waals surface area contributed by atoms with Gasteiger partial charge in [0, 0.05) is 5.02 Å². The SMILES string of the molecule is Cc1ccccc1-c1ccccc1.Cc1ccccc1Cl.[Br-].[Mg+2].[c-]1ccccc1. The van der Waals surface area contributed by atoms with E-state index in [0.717, 1.165) is 10.6 Å². The summed E-state index contributed by atoms with van der Waals surface area (Å²) in [5.41, 5.74) is 5.08. The Kier molecular flexibility index (Phi) is 15.4. The second-order valence-electron chi connectivity index (χ2n) is 6.01. The third-order valence-corrected chi connectivity index (χ3v) is 4.34. The average molecular weight is 476 g/mol. The van der Waals surface area contributed by atoms with E-state index in [9.17, 15) is 0 Å². The molecule has 0 nitrogen and oxygen atoms in total. The van der Waals surface area contributed by atoms with Crippen LogP contribution in [0.4, 0.5) is 0 Å². The smallest absolute Gasteiger partial charge is 1.00 e. The fourth-order valence-electron chi connectivity index (χ4n) is 2.41. The van der Waals surface area contributed by atoms with Crippen molar-refractivity contribution in [3.05, 3.63) is 131 Å². The first-order valence-corrected chi connectivity index (χ1v) is 9.29. The van der Waals surface area contributed by atoms with E-state index >= 15 is 0 Å². The minimum Gasteiger partial charge on any atom is -1.00 e. The molecule has 144 valence electrons. The molecule has 0 amide bonds. The predicted molar refractivity (Wildman–Crippen MR) is 124 cm³/mol. The molecule has 4 aromatic rings. The van der Waals surface area contributed by atoms with Crippen molar-refractivity contribution in [1.29, 1.82) is 0 Å². The maximum Gasteiger partial charge on any atom is 2.00 e. The summed E-state index contributed by atoms with van der Waals surface area (Å²) in [5, 5.41) is 0.840. The van der Waals surface area contributed by atoms with Gasteiger partial charge in [-0.2, -0.15) is 36.4 Å². The number of halogens is 2. The van der Waals surface area contributed by atoms with Crippen LogP contribution >= 0.6 is 11.6 Å². The van der Waals surface area contributed by atoms with Crippen LogP contribution in [-0.2, 0) is 0 Å². The molecule has 0 bridgehead atoms. The molecule has 4 rings (SSSR count). The molecule has 29 heavy (non-hydrogen) atoms. The normalized spacial score (nSPS) is 8.66. The molecule has 0 N–H and O–H groups in total. The van der Waals surface area contributed by atoms with Crippen LogP contribution in [0.1, 0.15) is 11.1 Å². The summed E-state index contributed by atoms with van der Waals surface area (Å²) < 4.78 is 0. The quantitative estimate of drug-likeness (QED) is 0.282. The zero-order valence-electron chi connectivity index (χ0n) is 16.9. The van der Waals surface area contributed by atoms with Gasteiger partial charge in [0.2, 0.25) is 0 Å². The summed E-state index contributed by atoms with van der Waals surface area (Å²) in [4.78, 5) is 0. The summed E-state index contributed by atoms with van der Waals surface area (Å²) in [6, 6.07) is 39.2. The topological polar surface area (TPSA) is 0 Å². The van der Waals surface area contributed by atoms with Crippen molar-refractivity contribution < 1.29 is 17.0 Å². The van der Waals surface area contributed by atoms with E-state index in [2.05, 4.69) is 61.5 Å². The van der Waals surface area contributed by atoms with Crippen molar-refractivity contribution in [3.8, 4) is 11.1 Å². The van der Waals surface area contributed by atoms with Gasteiger partial charge in [-0.05, 0) is 42.2 Å². The van der Waals surface area contributed by atoms with E-state index in [1.54, 1.807) is 0 Å². The minimum atomic E-state index is 0. The monoisotopic (exact) mass is 474 g/mol. The maximum absolute atomic E-state index is 5.71. The molecule has 0 atom stereocenters. The predicted octanol–water partition coefficient (Wildman–Crippen LogP) is 4.42. The van der Waals surface area contributed by atoms with Gasteiger partial charge in [0.05, 0.1) is 0 Å². The zero-order valence-corrected chi connectivity index (χ0v) is 20.6. The Morgan fingerprint density at radius 2 is 1.07 bits per heavy atom. The number of hydrogen-bond donors (Lipinski definition) is 0. The van der Waals surface area contributed by atoms with Gasteiger partial charge in [0.1, 0.15) is 0 Å². The van der Waals surface area contributed by atoms with E-state index in [4.69, 9.17) is 11.6 Å². The van der Waals surface area contributed by atoms with Gasteiger partial charge in [-0.3, -0.25) is 0 Å². The third-order valence-electron chi connectivity index (χ3n) is 3.91. The van der Waals surface area contributed by atoms with Crippen molar-refractivity contribution in [1.82, 2.24) is 0 Å². The molecular formula is C26H24BrClMg. The van der Waals surface area contributed by atoms with E-state index < -0.39 is 0 Å². The van der Waals surface area contributed by atoms with Gasteiger partial charge in [0.25, 0.3) is 0 Å². The Balaban J connectivity index is 0.000000425. The molecule has 0 unspecified atom stereocenters. The van der Waals surface area contributed by atoms with Crippen LogP contribution in [0.15, 0.2) is 109 Å². The first-order chi connectivity index (χ1) is 13.2. The summed E-state index contributed by atoms with van der Waals surface area (Å²) in [5.74, 6) is 0. The zero-order chi connectivity index (χ0) is 19.3. The van der Waals surface area contributed by atoms with Crippen molar-refractivity contribution in [2.24, 2.45) is 0 Å². The Hall–Kier alpha value is -1.58. The van der Waals surface area contributed by atoms with Crippen molar-refractivity contribution in [2.75, 3.05) is 0 Å². The second kappa shape index (κ2) is 16.2. The summed E-state index contributed by atoms with van der Waals surface area (Å²) in [6.07, 6.45) is 0. The van der Waals surface area contributed by atoms with Gasteiger partial charge < -0.3 is 17.0 Å². The van der Waals surface area contributed by atoms with Gasteiger partial charge in [-0.15, -0.1) is 0 Å². The number of hydrogen-bond acceptors (Lipinski definition) is 0. The molecule has 3 heteroatoms. The molecule has 0 aliphatic rings. The van der Waals surface area contributed by atoms with Gasteiger partial charge in [-0.1, -0.05) is 84.4 Å². The van der Waals surface area contributed by atoms with E-state index in [0.29, 0.717) is 0 Å². The fourth-order valence-corrected chi connectivity index (χ4v) is 2.54. The Bertz CT molecular complexity index is 864. The number of benzene rings is 4. The molecule has 0 saturated heterocycles. The molecule has 0 spiro atoms. The summed E-state index contributed by atoms with van der Waals surface area (Å²) in [7, 11) is 0. The Labute approximate surface area is 206 Å². The van der Waals surface area contributed by atoms with Crippen LogP contribution in [0.5, 0.6) is 0 Å². The number of aryl methyl sites for hydroxylation is 2. The Morgan fingerprint density at radius 3 is 1.48 bits per heavy atom. The van der Waals surface area contributed by atoms with Crippen molar-refractivity contribution >= 4 is 34.7 Å². The van der Waals surface area contributed by atoms with Crippen molar-refractivity contribution in [2.45, 2.75) is 13.8 Å². The van der Waals surface area contributed by atoms with Gasteiger partial charge in [-0.25, -0.2) is 0 Å². The molecule has 4 aromatic carbocycles. The van der Waals surface area contributed by atoms with E-state index in [1.807, 2.05) is 67.6 Å². The average Bonchev–Trinajstić information content (AvgIpc) is 2.73. The third kappa shape index (κ3) is 10.7. The molecule has 0 saturated carbocycles. The largest absolute Gasteiger partial charge is 2.00 e. The van der Waals surface area contributed by atoms with Gasteiger partial charge >= 0.3 is 23.1 Å².